The van der Waals surface area contributed by atoms with E-state index in [-0.39, 0.29) is 6.10 Å². The molecule has 2 atom stereocenters. The van der Waals surface area contributed by atoms with Crippen molar-refractivity contribution in [1.82, 2.24) is 4.98 Å². The molecular weight excluding hydrogens is 236 g/mol. The number of hydrogen-bond donors (Lipinski definition) is 1. The molecule has 3 nitrogen and oxygen atoms in total. The van der Waals surface area contributed by atoms with Gasteiger partial charge in [-0.15, -0.1) is 11.6 Å². The molecule has 0 aromatic carbocycles. The topological polar surface area (TPSA) is 36.4 Å². The third-order valence-corrected chi connectivity index (χ3v) is 4.25. The van der Waals surface area contributed by atoms with Crippen LogP contribution in [0.25, 0.3) is 0 Å². The number of aliphatic hydroxyl groups excluding tert-OH is 1. The lowest BCUT2D eigenvalue weighted by molar-refractivity contribution is 0.126. The highest BCUT2D eigenvalue weighted by Crippen LogP contribution is 2.39. The molecule has 1 aromatic heterocycles. The van der Waals surface area contributed by atoms with Crippen LogP contribution < -0.4 is 4.90 Å². The Morgan fingerprint density at radius 2 is 2.06 bits per heavy atom. The van der Waals surface area contributed by atoms with Crippen molar-refractivity contribution >= 4 is 17.4 Å². The zero-order valence-electron chi connectivity index (χ0n) is 9.72. The van der Waals surface area contributed by atoms with Gasteiger partial charge in [-0.2, -0.15) is 0 Å². The van der Waals surface area contributed by atoms with Crippen LogP contribution in [0.1, 0.15) is 31.2 Å². The Hall–Kier alpha value is -0.800. The molecule has 92 valence electrons. The van der Waals surface area contributed by atoms with E-state index in [1.54, 1.807) is 0 Å². The Labute approximate surface area is 106 Å². The van der Waals surface area contributed by atoms with Crippen molar-refractivity contribution in [3.8, 4) is 0 Å². The first kappa shape index (κ1) is 11.3. The molecule has 1 N–H and O–H groups in total. The molecule has 2 fully saturated rings. The number of fused-ring (bicyclic) bond motifs is 2. The summed E-state index contributed by atoms with van der Waals surface area (Å²) >= 11 is 5.98. The van der Waals surface area contributed by atoms with Crippen LogP contribution in [-0.4, -0.2) is 28.3 Å². The Kier molecular flexibility index (Phi) is 2.97. The summed E-state index contributed by atoms with van der Waals surface area (Å²) in [7, 11) is 0. The molecule has 0 amide bonds. The lowest BCUT2D eigenvalue weighted by Crippen LogP contribution is -2.45. The van der Waals surface area contributed by atoms with Gasteiger partial charge in [-0.05, 0) is 31.7 Å². The average molecular weight is 253 g/mol. The fourth-order valence-electron chi connectivity index (χ4n) is 3.26. The molecule has 3 heterocycles. The maximum Gasteiger partial charge on any atom is 0.133 e. The molecular formula is C13H17ClN2O. The number of aromatic nitrogens is 1. The van der Waals surface area contributed by atoms with Gasteiger partial charge in [0.25, 0.3) is 0 Å². The summed E-state index contributed by atoms with van der Waals surface area (Å²) in [6.45, 7) is 0. The first-order valence-corrected chi connectivity index (χ1v) is 6.79. The minimum Gasteiger partial charge on any atom is -0.393 e. The largest absolute Gasteiger partial charge is 0.393 e. The van der Waals surface area contributed by atoms with E-state index in [2.05, 4.69) is 9.88 Å². The van der Waals surface area contributed by atoms with Crippen LogP contribution in [0.5, 0.6) is 0 Å². The Bertz CT molecular complexity index is 398. The molecule has 0 aliphatic carbocycles. The molecule has 3 rings (SSSR count). The average Bonchev–Trinajstić information content (AvgIpc) is 2.61. The number of alkyl halides is 1. The molecule has 0 saturated carbocycles. The molecule has 2 aliphatic rings. The van der Waals surface area contributed by atoms with E-state index in [4.69, 9.17) is 11.6 Å². The van der Waals surface area contributed by atoms with Crippen LogP contribution in [0.15, 0.2) is 18.3 Å². The van der Waals surface area contributed by atoms with E-state index in [1.165, 1.54) is 12.8 Å². The number of halogens is 1. The molecule has 4 heteroatoms. The van der Waals surface area contributed by atoms with Crippen LogP contribution >= 0.6 is 11.6 Å². The van der Waals surface area contributed by atoms with Crippen molar-refractivity contribution in [3.63, 3.8) is 0 Å². The van der Waals surface area contributed by atoms with Gasteiger partial charge in [-0.1, -0.05) is 6.07 Å². The lowest BCUT2D eigenvalue weighted by atomic mass is 9.99. The standard InChI is InChI=1S/C13H17ClN2O/c14-8-9-2-1-5-15-13(9)16-10-3-4-11(16)7-12(17)6-10/h1-2,5,10-12,17H,3-4,6-8H2. The number of rotatable bonds is 2. The number of anilines is 1. The highest BCUT2D eigenvalue weighted by atomic mass is 35.5. The molecule has 2 bridgehead atoms. The van der Waals surface area contributed by atoms with E-state index >= 15 is 0 Å². The zero-order chi connectivity index (χ0) is 11.8. The van der Waals surface area contributed by atoms with E-state index in [0.717, 1.165) is 24.2 Å². The number of piperidine rings is 1. The van der Waals surface area contributed by atoms with Gasteiger partial charge in [0.15, 0.2) is 0 Å². The van der Waals surface area contributed by atoms with E-state index in [0.29, 0.717) is 18.0 Å². The Morgan fingerprint density at radius 3 is 2.71 bits per heavy atom. The molecule has 0 spiro atoms. The van der Waals surface area contributed by atoms with Gasteiger partial charge in [-0.25, -0.2) is 4.98 Å². The number of nitrogens with zero attached hydrogens (tertiary/aromatic N) is 2. The van der Waals surface area contributed by atoms with Gasteiger partial charge in [0.1, 0.15) is 5.82 Å². The second kappa shape index (κ2) is 4.46. The van der Waals surface area contributed by atoms with Crippen LogP contribution in [0.4, 0.5) is 5.82 Å². The van der Waals surface area contributed by atoms with Crippen molar-refractivity contribution in [3.05, 3.63) is 23.9 Å². The highest BCUT2D eigenvalue weighted by Gasteiger charge is 2.41. The summed E-state index contributed by atoms with van der Waals surface area (Å²) in [5, 5.41) is 9.81. The summed E-state index contributed by atoms with van der Waals surface area (Å²) in [6.07, 6.45) is 5.77. The quantitative estimate of drug-likeness (QED) is 0.821. The molecule has 17 heavy (non-hydrogen) atoms. The second-order valence-electron chi connectivity index (χ2n) is 5.04. The van der Waals surface area contributed by atoms with Crippen molar-refractivity contribution in [2.45, 2.75) is 49.8 Å². The fraction of sp³-hybridized carbons (Fsp3) is 0.615. The number of hydrogen-bond acceptors (Lipinski definition) is 3. The van der Waals surface area contributed by atoms with Gasteiger partial charge in [0, 0.05) is 23.8 Å². The van der Waals surface area contributed by atoms with Crippen LogP contribution in [-0.2, 0) is 5.88 Å². The van der Waals surface area contributed by atoms with Crippen LogP contribution in [0, 0.1) is 0 Å². The molecule has 1 aromatic rings. The van der Waals surface area contributed by atoms with E-state index in [9.17, 15) is 5.11 Å². The first-order chi connectivity index (χ1) is 8.29. The van der Waals surface area contributed by atoms with E-state index in [1.807, 2.05) is 18.3 Å². The lowest BCUT2D eigenvalue weighted by Gasteiger charge is -2.38. The summed E-state index contributed by atoms with van der Waals surface area (Å²) in [4.78, 5) is 6.89. The molecule has 0 radical (unpaired) electrons. The van der Waals surface area contributed by atoms with Crippen molar-refractivity contribution < 1.29 is 5.11 Å². The third-order valence-electron chi connectivity index (χ3n) is 3.96. The fourth-order valence-corrected chi connectivity index (χ4v) is 3.47. The van der Waals surface area contributed by atoms with Crippen molar-refractivity contribution in [2.24, 2.45) is 0 Å². The summed E-state index contributed by atoms with van der Waals surface area (Å²) in [5.74, 6) is 1.53. The van der Waals surface area contributed by atoms with Gasteiger partial charge in [0.05, 0.1) is 12.0 Å². The maximum atomic E-state index is 9.81. The third kappa shape index (κ3) is 1.91. The summed E-state index contributed by atoms with van der Waals surface area (Å²) in [5.41, 5.74) is 1.10. The Morgan fingerprint density at radius 1 is 1.35 bits per heavy atom. The van der Waals surface area contributed by atoms with Gasteiger partial charge in [0.2, 0.25) is 0 Å². The normalized spacial score (nSPS) is 31.9. The second-order valence-corrected chi connectivity index (χ2v) is 5.30. The minimum absolute atomic E-state index is 0.132. The molecule has 2 unspecified atom stereocenters. The molecule has 2 saturated heterocycles. The first-order valence-electron chi connectivity index (χ1n) is 6.26. The van der Waals surface area contributed by atoms with Gasteiger partial charge >= 0.3 is 0 Å². The summed E-state index contributed by atoms with van der Waals surface area (Å²) in [6, 6.07) is 4.86. The predicted octanol–water partition coefficient (Wildman–Crippen LogP) is 2.31. The van der Waals surface area contributed by atoms with Crippen molar-refractivity contribution in [2.75, 3.05) is 4.90 Å². The highest BCUT2D eigenvalue weighted by molar-refractivity contribution is 6.17. The number of aliphatic hydroxyl groups is 1. The Balaban J connectivity index is 1.94. The summed E-state index contributed by atoms with van der Waals surface area (Å²) < 4.78 is 0. The maximum absolute atomic E-state index is 9.81. The predicted molar refractivity (Wildman–Crippen MR) is 68.3 cm³/mol. The smallest absolute Gasteiger partial charge is 0.133 e. The number of pyridine rings is 1. The monoisotopic (exact) mass is 252 g/mol. The zero-order valence-corrected chi connectivity index (χ0v) is 10.5. The van der Waals surface area contributed by atoms with Gasteiger partial charge in [-0.3, -0.25) is 0 Å². The van der Waals surface area contributed by atoms with Crippen LogP contribution in [0.2, 0.25) is 0 Å². The molecule has 2 aliphatic heterocycles. The SMILES string of the molecule is OC1CC2CCC(C1)N2c1ncccc1CCl. The van der Waals surface area contributed by atoms with Crippen molar-refractivity contribution in [1.29, 1.82) is 0 Å². The van der Waals surface area contributed by atoms with Gasteiger partial charge < -0.3 is 10.0 Å². The van der Waals surface area contributed by atoms with E-state index < -0.39 is 0 Å². The minimum atomic E-state index is -0.132. The van der Waals surface area contributed by atoms with Crippen LogP contribution in [0.3, 0.4) is 0 Å².